The van der Waals surface area contributed by atoms with Crippen LogP contribution >= 0.6 is 0 Å². The minimum atomic E-state index is 0.545. The first kappa shape index (κ1) is 17.2. The van der Waals surface area contributed by atoms with Crippen molar-refractivity contribution in [2.45, 2.75) is 27.3 Å². The second-order valence-corrected chi connectivity index (χ2v) is 6.07. The van der Waals surface area contributed by atoms with E-state index in [2.05, 4.69) is 28.4 Å². The van der Waals surface area contributed by atoms with Crippen molar-refractivity contribution in [1.29, 1.82) is 0 Å². The summed E-state index contributed by atoms with van der Waals surface area (Å²) < 4.78 is 12.5. The molecule has 3 rings (SSSR count). The first-order chi connectivity index (χ1) is 12.1. The van der Waals surface area contributed by atoms with Crippen molar-refractivity contribution in [2.75, 3.05) is 25.6 Å². The lowest BCUT2D eigenvalue weighted by Crippen LogP contribution is -2.08. The second-order valence-electron chi connectivity index (χ2n) is 6.07. The Labute approximate surface area is 147 Å². The van der Waals surface area contributed by atoms with Crippen LogP contribution in [0.3, 0.4) is 0 Å². The first-order valence-electron chi connectivity index (χ1n) is 8.36. The number of hydrogen-bond acceptors (Lipinski definition) is 5. The van der Waals surface area contributed by atoms with Gasteiger partial charge in [0.05, 0.1) is 12.3 Å². The predicted molar refractivity (Wildman–Crippen MR) is 98.3 cm³/mol. The van der Waals surface area contributed by atoms with E-state index in [1.165, 1.54) is 0 Å². The standard InChI is InChI=1S/C19H24N4O2/c1-13-10-18(23-19(21-13)14(2)15(3)22-23)20-12-16-6-5-7-17(11-16)25-9-8-24-4/h5-7,10-11,20H,8-9,12H2,1-4H3. The van der Waals surface area contributed by atoms with Crippen LogP contribution in [0.2, 0.25) is 0 Å². The largest absolute Gasteiger partial charge is 0.491 e. The van der Waals surface area contributed by atoms with Crippen molar-refractivity contribution in [1.82, 2.24) is 14.6 Å². The Balaban J connectivity index is 1.77. The highest BCUT2D eigenvalue weighted by atomic mass is 16.5. The SMILES string of the molecule is COCCOc1cccc(CNc2cc(C)nc3c(C)c(C)nn23)c1. The van der Waals surface area contributed by atoms with E-state index in [-0.39, 0.29) is 0 Å². The molecule has 132 valence electrons. The van der Waals surface area contributed by atoms with E-state index in [1.807, 2.05) is 42.6 Å². The number of anilines is 1. The van der Waals surface area contributed by atoms with Gasteiger partial charge in [-0.1, -0.05) is 12.1 Å². The Morgan fingerprint density at radius 2 is 1.96 bits per heavy atom. The summed E-state index contributed by atoms with van der Waals surface area (Å²) in [5.74, 6) is 1.78. The van der Waals surface area contributed by atoms with Crippen molar-refractivity contribution in [3.63, 3.8) is 0 Å². The van der Waals surface area contributed by atoms with E-state index >= 15 is 0 Å². The Bertz CT molecular complexity index is 873. The minimum absolute atomic E-state index is 0.545. The van der Waals surface area contributed by atoms with E-state index in [0.717, 1.165) is 39.7 Å². The molecule has 0 aliphatic carbocycles. The van der Waals surface area contributed by atoms with Crippen LogP contribution in [0.15, 0.2) is 30.3 Å². The molecule has 0 amide bonds. The highest BCUT2D eigenvalue weighted by molar-refractivity contribution is 5.56. The van der Waals surface area contributed by atoms with Crippen molar-refractivity contribution in [3.05, 3.63) is 52.8 Å². The van der Waals surface area contributed by atoms with Gasteiger partial charge in [0.15, 0.2) is 5.65 Å². The number of fused-ring (bicyclic) bond motifs is 1. The molecule has 0 bridgehead atoms. The highest BCUT2D eigenvalue weighted by Gasteiger charge is 2.10. The lowest BCUT2D eigenvalue weighted by atomic mass is 10.2. The zero-order valence-electron chi connectivity index (χ0n) is 15.2. The molecule has 6 nitrogen and oxygen atoms in total. The summed E-state index contributed by atoms with van der Waals surface area (Å²) in [6.07, 6.45) is 0. The fraction of sp³-hybridized carbons (Fsp3) is 0.368. The number of ether oxygens (including phenoxy) is 2. The maximum absolute atomic E-state index is 5.67. The number of nitrogens with zero attached hydrogens (tertiary/aromatic N) is 3. The Kier molecular flexibility index (Phi) is 5.19. The molecule has 0 fully saturated rings. The molecule has 0 saturated heterocycles. The van der Waals surface area contributed by atoms with Crippen LogP contribution in [-0.2, 0) is 11.3 Å². The smallest absolute Gasteiger partial charge is 0.160 e. The van der Waals surface area contributed by atoms with Gasteiger partial charge in [0, 0.05) is 31.0 Å². The number of aromatic nitrogens is 3. The van der Waals surface area contributed by atoms with Gasteiger partial charge in [-0.05, 0) is 38.5 Å². The van der Waals surface area contributed by atoms with Gasteiger partial charge >= 0.3 is 0 Å². The lowest BCUT2D eigenvalue weighted by molar-refractivity contribution is 0.146. The average Bonchev–Trinajstić information content (AvgIpc) is 2.88. The van der Waals surface area contributed by atoms with Gasteiger partial charge in [-0.15, -0.1) is 0 Å². The molecular weight excluding hydrogens is 316 g/mol. The van der Waals surface area contributed by atoms with Crippen LogP contribution in [0.25, 0.3) is 5.65 Å². The summed E-state index contributed by atoms with van der Waals surface area (Å²) in [5, 5.41) is 8.05. The Hall–Kier alpha value is -2.60. The molecule has 0 saturated carbocycles. The summed E-state index contributed by atoms with van der Waals surface area (Å²) in [4.78, 5) is 4.60. The van der Waals surface area contributed by atoms with Gasteiger partial charge in [-0.25, -0.2) is 4.98 Å². The Morgan fingerprint density at radius 3 is 2.76 bits per heavy atom. The molecule has 3 aromatic rings. The van der Waals surface area contributed by atoms with Crippen molar-refractivity contribution < 1.29 is 9.47 Å². The van der Waals surface area contributed by atoms with Crippen LogP contribution < -0.4 is 10.1 Å². The maximum atomic E-state index is 5.67. The molecule has 1 N–H and O–H groups in total. The number of benzene rings is 1. The third kappa shape index (κ3) is 3.91. The van der Waals surface area contributed by atoms with Gasteiger partial charge in [0.25, 0.3) is 0 Å². The lowest BCUT2D eigenvalue weighted by Gasteiger charge is -2.11. The minimum Gasteiger partial charge on any atom is -0.491 e. The van der Waals surface area contributed by atoms with E-state index in [4.69, 9.17) is 9.47 Å². The third-order valence-electron chi connectivity index (χ3n) is 4.11. The maximum Gasteiger partial charge on any atom is 0.160 e. The van der Waals surface area contributed by atoms with Crippen LogP contribution in [0.1, 0.15) is 22.5 Å². The summed E-state index contributed by atoms with van der Waals surface area (Å²) in [5.41, 5.74) is 5.11. The summed E-state index contributed by atoms with van der Waals surface area (Å²) in [7, 11) is 1.67. The normalized spacial score (nSPS) is 11.0. The molecule has 6 heteroatoms. The summed E-state index contributed by atoms with van der Waals surface area (Å²) >= 11 is 0. The van der Waals surface area contributed by atoms with Gasteiger partial charge < -0.3 is 14.8 Å². The molecule has 1 aromatic carbocycles. The third-order valence-corrected chi connectivity index (χ3v) is 4.11. The molecule has 0 spiro atoms. The molecule has 0 unspecified atom stereocenters. The van der Waals surface area contributed by atoms with Gasteiger partial charge in [0.2, 0.25) is 0 Å². The molecule has 25 heavy (non-hydrogen) atoms. The van der Waals surface area contributed by atoms with Crippen molar-refractivity contribution in [3.8, 4) is 5.75 Å². The van der Waals surface area contributed by atoms with Crippen LogP contribution in [0.4, 0.5) is 5.82 Å². The van der Waals surface area contributed by atoms with Crippen molar-refractivity contribution >= 4 is 11.5 Å². The summed E-state index contributed by atoms with van der Waals surface area (Å²) in [6, 6.07) is 10.1. The van der Waals surface area contributed by atoms with Gasteiger partial charge in [-0.3, -0.25) is 0 Å². The van der Waals surface area contributed by atoms with E-state index < -0.39 is 0 Å². The van der Waals surface area contributed by atoms with Crippen LogP contribution in [-0.4, -0.2) is 34.9 Å². The Morgan fingerprint density at radius 1 is 1.12 bits per heavy atom. The first-order valence-corrected chi connectivity index (χ1v) is 8.36. The zero-order valence-corrected chi connectivity index (χ0v) is 15.2. The number of nitrogens with one attached hydrogen (secondary N) is 1. The molecule has 0 aliphatic rings. The number of methoxy groups -OCH3 is 1. The number of rotatable bonds is 7. The van der Waals surface area contributed by atoms with Crippen LogP contribution in [0.5, 0.6) is 5.75 Å². The molecule has 0 aliphatic heterocycles. The zero-order chi connectivity index (χ0) is 17.8. The molecule has 0 atom stereocenters. The van der Waals surface area contributed by atoms with E-state index in [9.17, 15) is 0 Å². The van der Waals surface area contributed by atoms with Gasteiger partial charge in [0.1, 0.15) is 18.2 Å². The molecule has 0 radical (unpaired) electrons. The topological polar surface area (TPSA) is 60.7 Å². The second kappa shape index (κ2) is 7.53. The van der Waals surface area contributed by atoms with Gasteiger partial charge in [-0.2, -0.15) is 9.61 Å². The molecular formula is C19H24N4O2. The van der Waals surface area contributed by atoms with Crippen molar-refractivity contribution in [2.24, 2.45) is 0 Å². The van der Waals surface area contributed by atoms with E-state index in [0.29, 0.717) is 19.8 Å². The monoisotopic (exact) mass is 340 g/mol. The number of hydrogen-bond donors (Lipinski definition) is 1. The predicted octanol–water partition coefficient (Wildman–Crippen LogP) is 3.29. The highest BCUT2D eigenvalue weighted by Crippen LogP contribution is 2.19. The quantitative estimate of drug-likeness (QED) is 0.669. The number of aryl methyl sites for hydroxylation is 3. The molecule has 2 aromatic heterocycles. The van der Waals surface area contributed by atoms with Crippen LogP contribution in [0, 0.1) is 20.8 Å². The summed E-state index contributed by atoms with van der Waals surface area (Å²) in [6.45, 7) is 7.85. The van der Waals surface area contributed by atoms with E-state index in [1.54, 1.807) is 7.11 Å². The fourth-order valence-electron chi connectivity index (χ4n) is 2.66. The fourth-order valence-corrected chi connectivity index (χ4v) is 2.66. The molecule has 2 heterocycles. The average molecular weight is 340 g/mol.